The smallest absolute Gasteiger partial charge is 0.276 e. The van der Waals surface area contributed by atoms with Crippen LogP contribution in [0.2, 0.25) is 10.0 Å². The standard InChI is InChI=1S/C20H19Cl2F2N3O2S/c1-13-5-7-14(8-6-13)30(28,29)26-25-18(17-15(21)3-2-4-16(17)22)27-12-20(23,24)11-19(27)9-10-19/h2-8,26H,9-12H2,1H3/b25-18+. The maximum absolute atomic E-state index is 14.3. The molecule has 0 amide bonds. The molecule has 1 heterocycles. The van der Waals surface area contributed by atoms with Crippen LogP contribution in [0, 0.1) is 6.92 Å². The molecule has 1 aliphatic heterocycles. The van der Waals surface area contributed by atoms with Crippen molar-refractivity contribution in [3.8, 4) is 0 Å². The van der Waals surface area contributed by atoms with Crippen LogP contribution in [0.15, 0.2) is 52.5 Å². The van der Waals surface area contributed by atoms with Gasteiger partial charge < -0.3 is 4.90 Å². The largest absolute Gasteiger partial charge is 0.343 e. The van der Waals surface area contributed by atoms with Crippen LogP contribution in [0.1, 0.15) is 30.4 Å². The number of sulfonamides is 1. The third kappa shape index (κ3) is 4.00. The molecule has 1 saturated carbocycles. The van der Waals surface area contributed by atoms with Crippen molar-refractivity contribution in [1.82, 2.24) is 9.73 Å². The molecule has 0 radical (unpaired) electrons. The van der Waals surface area contributed by atoms with Gasteiger partial charge in [0.1, 0.15) is 0 Å². The molecule has 1 saturated heterocycles. The van der Waals surface area contributed by atoms with E-state index < -0.39 is 28.0 Å². The van der Waals surface area contributed by atoms with Crippen molar-refractivity contribution in [2.45, 2.75) is 42.5 Å². The normalized spacial score (nSPS) is 19.9. The molecule has 160 valence electrons. The van der Waals surface area contributed by atoms with Gasteiger partial charge in [-0.2, -0.15) is 13.2 Å². The minimum atomic E-state index is -4.02. The first kappa shape index (κ1) is 21.3. The molecule has 1 spiro atoms. The number of hydrazone groups is 1. The molecule has 2 aromatic carbocycles. The Hall–Kier alpha value is -1.90. The first-order chi connectivity index (χ1) is 14.0. The lowest BCUT2D eigenvalue weighted by atomic mass is 10.1. The Bertz CT molecular complexity index is 1100. The molecule has 2 aromatic rings. The Balaban J connectivity index is 1.77. The highest BCUT2D eigenvalue weighted by Crippen LogP contribution is 2.55. The quantitative estimate of drug-likeness (QED) is 0.393. The third-order valence-corrected chi connectivity index (χ3v) is 7.28. The maximum Gasteiger partial charge on any atom is 0.276 e. The number of hydrogen-bond acceptors (Lipinski definition) is 3. The monoisotopic (exact) mass is 473 g/mol. The van der Waals surface area contributed by atoms with Gasteiger partial charge in [-0.1, -0.05) is 47.0 Å². The van der Waals surface area contributed by atoms with E-state index in [9.17, 15) is 17.2 Å². The molecule has 0 atom stereocenters. The van der Waals surface area contributed by atoms with E-state index in [1.165, 1.54) is 17.0 Å². The van der Waals surface area contributed by atoms with Crippen molar-refractivity contribution in [1.29, 1.82) is 0 Å². The zero-order valence-corrected chi connectivity index (χ0v) is 18.3. The van der Waals surface area contributed by atoms with Crippen molar-refractivity contribution in [2.24, 2.45) is 5.10 Å². The van der Waals surface area contributed by atoms with Gasteiger partial charge >= 0.3 is 0 Å². The second-order valence-corrected chi connectivity index (χ2v) is 10.3. The zero-order valence-electron chi connectivity index (χ0n) is 16.0. The average molecular weight is 474 g/mol. The van der Waals surface area contributed by atoms with Crippen LogP contribution < -0.4 is 4.83 Å². The van der Waals surface area contributed by atoms with Crippen molar-refractivity contribution < 1.29 is 17.2 Å². The van der Waals surface area contributed by atoms with Crippen molar-refractivity contribution >= 4 is 39.1 Å². The van der Waals surface area contributed by atoms with E-state index in [4.69, 9.17) is 23.2 Å². The Morgan fingerprint density at radius 3 is 2.27 bits per heavy atom. The van der Waals surface area contributed by atoms with Gasteiger partial charge in [0.2, 0.25) is 0 Å². The van der Waals surface area contributed by atoms with Crippen molar-refractivity contribution in [3.63, 3.8) is 0 Å². The highest BCUT2D eigenvalue weighted by molar-refractivity contribution is 7.89. The summed E-state index contributed by atoms with van der Waals surface area (Å²) in [6.45, 7) is 1.25. The Morgan fingerprint density at radius 1 is 1.10 bits per heavy atom. The highest BCUT2D eigenvalue weighted by atomic mass is 35.5. The summed E-state index contributed by atoms with van der Waals surface area (Å²) in [6.07, 6.45) is 0.814. The van der Waals surface area contributed by atoms with Crippen molar-refractivity contribution in [3.05, 3.63) is 63.6 Å². The molecule has 0 unspecified atom stereocenters. The maximum atomic E-state index is 14.3. The molecular formula is C20H19Cl2F2N3O2S. The zero-order chi connectivity index (χ0) is 21.7. The molecular weight excluding hydrogens is 455 g/mol. The van der Waals surface area contributed by atoms with Crippen LogP contribution in [-0.4, -0.2) is 37.2 Å². The summed E-state index contributed by atoms with van der Waals surface area (Å²) in [7, 11) is -4.02. The first-order valence-electron chi connectivity index (χ1n) is 9.29. The van der Waals surface area contributed by atoms with E-state index in [1.54, 1.807) is 30.3 Å². The van der Waals surface area contributed by atoms with Gasteiger partial charge in [-0.25, -0.2) is 8.78 Å². The number of alkyl halides is 2. The fourth-order valence-electron chi connectivity index (χ4n) is 3.76. The number of amidine groups is 1. The predicted octanol–water partition coefficient (Wildman–Crippen LogP) is 4.82. The average Bonchev–Trinajstić information content (AvgIpc) is 3.36. The number of rotatable bonds is 4. The third-order valence-electron chi connectivity index (χ3n) is 5.42. The van der Waals surface area contributed by atoms with E-state index in [0.717, 1.165) is 5.56 Å². The summed E-state index contributed by atoms with van der Waals surface area (Å²) in [4.78, 5) is 3.62. The summed E-state index contributed by atoms with van der Waals surface area (Å²) in [5, 5.41) is 4.46. The molecule has 0 aromatic heterocycles. The van der Waals surface area contributed by atoms with E-state index in [1.807, 2.05) is 6.92 Å². The number of hydrogen-bond donors (Lipinski definition) is 1. The number of likely N-dealkylation sites (tertiary alicyclic amines) is 1. The SMILES string of the molecule is Cc1ccc(S(=O)(=O)N/N=C(\c2c(Cl)cccc2Cl)N2CC(F)(F)CC23CC3)cc1. The van der Waals surface area contributed by atoms with Crippen molar-refractivity contribution in [2.75, 3.05) is 6.54 Å². The number of halogens is 4. The summed E-state index contributed by atoms with van der Waals surface area (Å²) in [5.74, 6) is -2.92. The lowest BCUT2D eigenvalue weighted by Gasteiger charge is -2.28. The van der Waals surface area contributed by atoms with E-state index in [-0.39, 0.29) is 32.8 Å². The van der Waals surface area contributed by atoms with E-state index in [0.29, 0.717) is 12.8 Å². The Labute approximate surface area is 183 Å². The molecule has 1 N–H and O–H groups in total. The molecule has 10 heteroatoms. The lowest BCUT2D eigenvalue weighted by Crippen LogP contribution is -2.40. The van der Waals surface area contributed by atoms with Gasteiger partial charge in [0.15, 0.2) is 5.84 Å². The van der Waals surface area contributed by atoms with Gasteiger partial charge in [0.25, 0.3) is 15.9 Å². The Morgan fingerprint density at radius 2 is 1.70 bits per heavy atom. The Kier molecular flexibility index (Phi) is 5.23. The lowest BCUT2D eigenvalue weighted by molar-refractivity contribution is 0.0161. The van der Waals surface area contributed by atoms with Gasteiger partial charge in [-0.05, 0) is 44.0 Å². The van der Waals surface area contributed by atoms with Crippen LogP contribution in [0.25, 0.3) is 0 Å². The van der Waals surface area contributed by atoms with Gasteiger partial charge in [0, 0.05) is 12.0 Å². The highest BCUT2D eigenvalue weighted by Gasteiger charge is 2.62. The molecule has 5 nitrogen and oxygen atoms in total. The second kappa shape index (κ2) is 7.35. The topological polar surface area (TPSA) is 61.8 Å². The van der Waals surface area contributed by atoms with Crippen LogP contribution in [0.4, 0.5) is 8.78 Å². The van der Waals surface area contributed by atoms with Gasteiger partial charge in [0.05, 0.1) is 27.0 Å². The fourth-order valence-corrected chi connectivity index (χ4v) is 5.13. The van der Waals surface area contributed by atoms with Crippen LogP contribution in [0.5, 0.6) is 0 Å². The van der Waals surface area contributed by atoms with E-state index in [2.05, 4.69) is 9.93 Å². The van der Waals surface area contributed by atoms with Crippen LogP contribution in [0.3, 0.4) is 0 Å². The van der Waals surface area contributed by atoms with Crippen LogP contribution in [-0.2, 0) is 10.0 Å². The molecule has 0 bridgehead atoms. The minimum Gasteiger partial charge on any atom is -0.343 e. The molecule has 1 aliphatic carbocycles. The molecule has 2 fully saturated rings. The number of nitrogens with one attached hydrogen (secondary N) is 1. The number of benzene rings is 2. The molecule has 4 rings (SSSR count). The molecule has 2 aliphatic rings. The van der Waals surface area contributed by atoms with Crippen LogP contribution >= 0.6 is 23.2 Å². The second-order valence-electron chi connectivity index (χ2n) is 7.78. The summed E-state index contributed by atoms with van der Waals surface area (Å²) in [5.41, 5.74) is 0.354. The van der Waals surface area contributed by atoms with E-state index >= 15 is 0 Å². The first-order valence-corrected chi connectivity index (χ1v) is 11.5. The number of aryl methyl sites for hydroxylation is 1. The van der Waals surface area contributed by atoms with Gasteiger partial charge in [-0.15, -0.1) is 5.10 Å². The fraction of sp³-hybridized carbons (Fsp3) is 0.350. The minimum absolute atomic E-state index is 0.00374. The summed E-state index contributed by atoms with van der Waals surface area (Å²) >= 11 is 12.6. The summed E-state index contributed by atoms with van der Waals surface area (Å²) in [6, 6.07) is 10.9. The van der Waals surface area contributed by atoms with Gasteiger partial charge in [-0.3, -0.25) is 0 Å². The number of nitrogens with zero attached hydrogens (tertiary/aromatic N) is 2. The predicted molar refractivity (Wildman–Crippen MR) is 113 cm³/mol. The molecule has 30 heavy (non-hydrogen) atoms. The summed E-state index contributed by atoms with van der Waals surface area (Å²) < 4.78 is 54.0.